The van der Waals surface area contributed by atoms with Gasteiger partial charge in [0.1, 0.15) is 11.5 Å². The van der Waals surface area contributed by atoms with Crippen molar-refractivity contribution in [3.05, 3.63) is 47.9 Å². The van der Waals surface area contributed by atoms with Crippen LogP contribution in [0.1, 0.15) is 52.4 Å². The van der Waals surface area contributed by atoms with Crippen LogP contribution in [0.15, 0.2) is 41.0 Å². The molecule has 31 heavy (non-hydrogen) atoms. The molecule has 1 amide bonds. The summed E-state index contributed by atoms with van der Waals surface area (Å²) < 4.78 is 35.3. The van der Waals surface area contributed by atoms with E-state index < -0.39 is 10.1 Å². The summed E-state index contributed by atoms with van der Waals surface area (Å²) in [7, 11) is -3.72. The zero-order chi connectivity index (χ0) is 23.0. The molecule has 1 aromatic carbocycles. The van der Waals surface area contributed by atoms with Crippen molar-refractivity contribution in [2.75, 3.05) is 23.7 Å². The van der Waals surface area contributed by atoms with Crippen molar-refractivity contribution in [3.63, 3.8) is 0 Å². The van der Waals surface area contributed by atoms with Crippen LogP contribution in [0.3, 0.4) is 0 Å². The second-order valence-electron chi connectivity index (χ2n) is 7.82. The average molecular weight is 451 g/mol. The van der Waals surface area contributed by atoms with Crippen molar-refractivity contribution in [2.45, 2.75) is 54.1 Å². The fourth-order valence-electron chi connectivity index (χ4n) is 3.24. The second-order valence-corrected chi connectivity index (χ2v) is 9.68. The molecule has 0 bridgehead atoms. The predicted molar refractivity (Wildman–Crippen MR) is 123 cm³/mol. The molecule has 1 heterocycles. The van der Waals surface area contributed by atoms with E-state index in [1.165, 1.54) is 0 Å². The third-order valence-electron chi connectivity index (χ3n) is 4.97. The molecule has 7 nitrogen and oxygen atoms in total. The van der Waals surface area contributed by atoms with Crippen molar-refractivity contribution in [3.8, 4) is 5.75 Å². The minimum absolute atomic E-state index is 0.0245. The van der Waals surface area contributed by atoms with Crippen LogP contribution >= 0.6 is 0 Å². The van der Waals surface area contributed by atoms with Gasteiger partial charge in [0.15, 0.2) is 0 Å². The van der Waals surface area contributed by atoms with Gasteiger partial charge in [-0.1, -0.05) is 19.9 Å². The Bertz CT molecular complexity index is 935. The Morgan fingerprint density at radius 1 is 1.10 bits per heavy atom. The number of hydrogen-bond acceptors (Lipinski definition) is 6. The van der Waals surface area contributed by atoms with Gasteiger partial charge in [0.25, 0.3) is 0 Å². The first-order valence-corrected chi connectivity index (χ1v) is 12.4. The summed E-state index contributed by atoms with van der Waals surface area (Å²) >= 11 is 0. The highest BCUT2D eigenvalue weighted by Gasteiger charge is 2.21. The summed E-state index contributed by atoms with van der Waals surface area (Å²) in [5.41, 5.74) is 1.51. The van der Waals surface area contributed by atoms with Crippen molar-refractivity contribution in [1.29, 1.82) is 0 Å². The molecule has 0 spiro atoms. The quantitative estimate of drug-likeness (QED) is 0.445. The number of benzene rings is 1. The minimum atomic E-state index is -3.72. The van der Waals surface area contributed by atoms with Gasteiger partial charge in [0, 0.05) is 43.4 Å². The van der Waals surface area contributed by atoms with Gasteiger partial charge in [-0.2, -0.15) is 8.42 Å². The molecule has 172 valence electrons. The maximum atomic E-state index is 12.9. The number of nitrogens with zero attached hydrogens (tertiary/aromatic N) is 2. The van der Waals surface area contributed by atoms with E-state index in [1.54, 1.807) is 30.2 Å². The van der Waals surface area contributed by atoms with Crippen LogP contribution in [0.5, 0.6) is 5.75 Å². The first-order valence-electron chi connectivity index (χ1n) is 10.8. The molecule has 0 N–H and O–H groups in total. The molecule has 0 aliphatic carbocycles. The van der Waals surface area contributed by atoms with E-state index in [0.717, 1.165) is 18.8 Å². The molecule has 0 aliphatic heterocycles. The summed E-state index contributed by atoms with van der Waals surface area (Å²) in [6, 6.07) is 9.12. The molecule has 0 fully saturated rings. The molecule has 0 radical (unpaired) electrons. The normalized spacial score (nSPS) is 11.5. The Labute approximate surface area is 186 Å². The van der Waals surface area contributed by atoms with Gasteiger partial charge in [-0.3, -0.25) is 4.79 Å². The first-order chi connectivity index (χ1) is 14.7. The summed E-state index contributed by atoms with van der Waals surface area (Å²) in [4.78, 5) is 16.7. The van der Waals surface area contributed by atoms with E-state index in [4.69, 9.17) is 8.60 Å². The molecule has 0 saturated carbocycles. The number of hydrogen-bond donors (Lipinski definition) is 0. The SMILES string of the molecule is CCN(CC)c1ccc(CN(Cc2ccco2)C(=O)CC(C)C)c(OS(=O)(=O)CC)c1. The molecule has 2 aromatic rings. The van der Waals surface area contributed by atoms with E-state index >= 15 is 0 Å². The van der Waals surface area contributed by atoms with Crippen molar-refractivity contribution in [1.82, 2.24) is 4.90 Å². The van der Waals surface area contributed by atoms with Crippen LogP contribution < -0.4 is 9.08 Å². The number of carbonyl (C=O) groups excluding carboxylic acids is 1. The standard InChI is InChI=1S/C23H34N2O5S/c1-6-24(7-2)20-12-11-19(22(15-20)30-31(27,28)8-3)16-25(23(26)14-18(4)5)17-21-10-9-13-29-21/h9-13,15,18H,6-8,14,16-17H2,1-5H3. The lowest BCUT2D eigenvalue weighted by Gasteiger charge is -2.26. The zero-order valence-electron chi connectivity index (χ0n) is 19.1. The van der Waals surface area contributed by atoms with Gasteiger partial charge in [-0.25, -0.2) is 0 Å². The lowest BCUT2D eigenvalue weighted by molar-refractivity contribution is -0.133. The Kier molecular flexibility index (Phi) is 8.98. The Balaban J connectivity index is 2.42. The first kappa shape index (κ1) is 24.8. The van der Waals surface area contributed by atoms with Crippen LogP contribution in [0.25, 0.3) is 0 Å². The topological polar surface area (TPSA) is 80.1 Å². The largest absolute Gasteiger partial charge is 0.467 e. The summed E-state index contributed by atoms with van der Waals surface area (Å²) in [5, 5.41) is 0. The summed E-state index contributed by atoms with van der Waals surface area (Å²) in [5.74, 6) is 0.967. The molecule has 0 atom stereocenters. The molecule has 2 rings (SSSR count). The van der Waals surface area contributed by atoms with Gasteiger partial charge in [0.2, 0.25) is 5.91 Å². The van der Waals surface area contributed by atoms with E-state index in [-0.39, 0.29) is 29.9 Å². The summed E-state index contributed by atoms with van der Waals surface area (Å²) in [6.45, 7) is 11.7. The third-order valence-corrected chi connectivity index (χ3v) is 6.11. The van der Waals surface area contributed by atoms with Crippen LogP contribution in [-0.2, 0) is 28.0 Å². The lowest BCUT2D eigenvalue weighted by Crippen LogP contribution is -2.31. The van der Waals surface area contributed by atoms with Gasteiger partial charge in [0.05, 0.1) is 18.6 Å². The monoisotopic (exact) mass is 450 g/mol. The average Bonchev–Trinajstić information content (AvgIpc) is 3.22. The highest BCUT2D eigenvalue weighted by atomic mass is 32.2. The number of anilines is 1. The lowest BCUT2D eigenvalue weighted by atomic mass is 10.1. The molecular formula is C23H34N2O5S. The van der Waals surface area contributed by atoms with Crippen LogP contribution in [0.2, 0.25) is 0 Å². The van der Waals surface area contributed by atoms with E-state index in [2.05, 4.69) is 4.90 Å². The van der Waals surface area contributed by atoms with Crippen LogP contribution in [0.4, 0.5) is 5.69 Å². The highest BCUT2D eigenvalue weighted by molar-refractivity contribution is 7.87. The molecule has 0 unspecified atom stereocenters. The Hall–Kier alpha value is -2.48. The molecule has 0 saturated heterocycles. The van der Waals surface area contributed by atoms with Crippen molar-refractivity contribution < 1.29 is 21.8 Å². The van der Waals surface area contributed by atoms with Gasteiger partial charge < -0.3 is 18.4 Å². The second kappa shape index (κ2) is 11.2. The van der Waals surface area contributed by atoms with E-state index in [0.29, 0.717) is 24.3 Å². The zero-order valence-corrected chi connectivity index (χ0v) is 19.9. The Morgan fingerprint density at radius 2 is 1.81 bits per heavy atom. The molecular weight excluding hydrogens is 416 g/mol. The predicted octanol–water partition coefficient (Wildman–Crippen LogP) is 4.43. The van der Waals surface area contributed by atoms with Crippen molar-refractivity contribution in [2.24, 2.45) is 5.92 Å². The number of rotatable bonds is 12. The summed E-state index contributed by atoms with van der Waals surface area (Å²) in [6.07, 6.45) is 1.96. The molecule has 1 aromatic heterocycles. The molecule has 0 aliphatic rings. The van der Waals surface area contributed by atoms with Gasteiger partial charge in [-0.15, -0.1) is 0 Å². The van der Waals surface area contributed by atoms with E-state index in [1.807, 2.05) is 45.9 Å². The smallest absolute Gasteiger partial charge is 0.308 e. The third kappa shape index (κ3) is 7.31. The van der Waals surface area contributed by atoms with Crippen LogP contribution in [0, 0.1) is 5.92 Å². The fourth-order valence-corrected chi connectivity index (χ4v) is 3.79. The van der Waals surface area contributed by atoms with E-state index in [9.17, 15) is 13.2 Å². The number of carbonyl (C=O) groups is 1. The van der Waals surface area contributed by atoms with Crippen LogP contribution in [-0.4, -0.2) is 38.1 Å². The van der Waals surface area contributed by atoms with Gasteiger partial charge in [-0.05, 0) is 44.9 Å². The number of furan rings is 1. The number of amides is 1. The highest BCUT2D eigenvalue weighted by Crippen LogP contribution is 2.29. The minimum Gasteiger partial charge on any atom is -0.467 e. The fraction of sp³-hybridized carbons (Fsp3) is 0.522. The molecule has 8 heteroatoms. The maximum absolute atomic E-state index is 12.9. The van der Waals surface area contributed by atoms with Crippen molar-refractivity contribution >= 4 is 21.7 Å². The Morgan fingerprint density at radius 3 is 2.35 bits per heavy atom. The maximum Gasteiger partial charge on any atom is 0.308 e. The van der Waals surface area contributed by atoms with Gasteiger partial charge >= 0.3 is 10.1 Å².